The summed E-state index contributed by atoms with van der Waals surface area (Å²) in [6.45, 7) is 9.93. The molecule has 1 heterocycles. The Labute approximate surface area is 129 Å². The van der Waals surface area contributed by atoms with Gasteiger partial charge < -0.3 is 0 Å². The highest BCUT2D eigenvalue weighted by Gasteiger charge is 2.36. The molecule has 0 amide bonds. The molecule has 0 unspecified atom stereocenters. The first-order chi connectivity index (χ1) is 10.5. The summed E-state index contributed by atoms with van der Waals surface area (Å²) in [6, 6.07) is 13.4. The topological polar surface area (TPSA) is 12.9 Å². The molecule has 1 aliphatic rings. The number of benzene rings is 2. The molecule has 0 saturated heterocycles. The smallest absolute Gasteiger partial charge is 0.127 e. The van der Waals surface area contributed by atoms with Gasteiger partial charge in [0.05, 0.1) is 5.69 Å². The lowest BCUT2D eigenvalue weighted by Gasteiger charge is -2.34. The number of rotatable bonds is 1. The molecule has 0 N–H and O–H groups in total. The van der Waals surface area contributed by atoms with E-state index in [1.807, 2.05) is 18.2 Å². The van der Waals surface area contributed by atoms with E-state index >= 15 is 0 Å². The lowest BCUT2D eigenvalue weighted by molar-refractivity contribution is 0.550. The van der Waals surface area contributed by atoms with Crippen LogP contribution in [-0.4, -0.2) is 4.98 Å². The van der Waals surface area contributed by atoms with Crippen LogP contribution in [0.15, 0.2) is 42.5 Å². The molecule has 108 valence electrons. The molecular weight excluding hydrogens is 273 g/mol. The molecule has 0 saturated carbocycles. The van der Waals surface area contributed by atoms with Gasteiger partial charge >= 0.3 is 0 Å². The Morgan fingerprint density at radius 2 is 1.91 bits per heavy atom. The zero-order valence-corrected chi connectivity index (χ0v) is 12.7. The first kappa shape index (κ1) is 13.4. The predicted octanol–water partition coefficient (Wildman–Crippen LogP) is 4.93. The van der Waals surface area contributed by atoms with Gasteiger partial charge in [0.25, 0.3) is 0 Å². The Hall–Kier alpha value is -2.22. The number of nitrogens with zero attached hydrogens (tertiary/aromatic N) is 1. The molecule has 2 heteroatoms. The van der Waals surface area contributed by atoms with E-state index in [2.05, 4.69) is 26.0 Å². The van der Waals surface area contributed by atoms with E-state index in [1.54, 1.807) is 6.07 Å². The van der Waals surface area contributed by atoms with Crippen molar-refractivity contribution >= 4 is 10.8 Å². The third kappa shape index (κ3) is 1.61. The van der Waals surface area contributed by atoms with Crippen molar-refractivity contribution in [2.75, 3.05) is 0 Å². The lowest BCUT2D eigenvalue weighted by atomic mass is 9.69. The van der Waals surface area contributed by atoms with E-state index in [-0.39, 0.29) is 11.2 Å². The molecule has 2 aromatic carbocycles. The third-order valence-electron chi connectivity index (χ3n) is 4.69. The number of pyridine rings is 1. The van der Waals surface area contributed by atoms with Crippen molar-refractivity contribution in [1.82, 2.24) is 4.98 Å². The second-order valence-electron chi connectivity index (χ2n) is 6.36. The lowest BCUT2D eigenvalue weighted by Crippen LogP contribution is -2.25. The summed E-state index contributed by atoms with van der Waals surface area (Å²) in [5.41, 5.74) is 4.00. The van der Waals surface area contributed by atoms with Gasteiger partial charge in [-0.3, -0.25) is 4.98 Å². The van der Waals surface area contributed by atoms with Crippen molar-refractivity contribution in [3.05, 3.63) is 72.0 Å². The molecule has 1 aromatic heterocycles. The molecule has 1 aliphatic carbocycles. The van der Waals surface area contributed by atoms with Crippen molar-refractivity contribution < 1.29 is 4.39 Å². The van der Waals surface area contributed by atoms with Crippen LogP contribution in [0.3, 0.4) is 0 Å². The van der Waals surface area contributed by atoms with E-state index < -0.39 is 0 Å². The van der Waals surface area contributed by atoms with Gasteiger partial charge in [-0.25, -0.2) is 4.39 Å². The van der Waals surface area contributed by atoms with E-state index in [0.717, 1.165) is 38.9 Å². The van der Waals surface area contributed by atoms with Crippen LogP contribution < -0.4 is 0 Å². The van der Waals surface area contributed by atoms with E-state index in [4.69, 9.17) is 11.9 Å². The fourth-order valence-electron chi connectivity index (χ4n) is 3.68. The van der Waals surface area contributed by atoms with E-state index in [0.29, 0.717) is 6.42 Å². The Morgan fingerprint density at radius 1 is 1.14 bits per heavy atom. The molecule has 22 heavy (non-hydrogen) atoms. The third-order valence-corrected chi connectivity index (χ3v) is 4.69. The van der Waals surface area contributed by atoms with Crippen molar-refractivity contribution in [2.45, 2.75) is 25.7 Å². The van der Waals surface area contributed by atoms with Crippen LogP contribution in [-0.2, 0) is 11.8 Å². The van der Waals surface area contributed by atoms with Gasteiger partial charge in [0, 0.05) is 27.6 Å². The number of halogens is 1. The van der Waals surface area contributed by atoms with Gasteiger partial charge in [0.2, 0.25) is 0 Å². The van der Waals surface area contributed by atoms with Crippen LogP contribution in [0.4, 0.5) is 4.39 Å². The van der Waals surface area contributed by atoms with E-state index in [9.17, 15) is 4.39 Å². The molecule has 0 atom stereocenters. The maximum atomic E-state index is 14.6. The van der Waals surface area contributed by atoms with Gasteiger partial charge in [0.1, 0.15) is 5.82 Å². The van der Waals surface area contributed by atoms with Crippen molar-refractivity contribution in [2.24, 2.45) is 0 Å². The molecule has 3 aromatic rings. The van der Waals surface area contributed by atoms with Gasteiger partial charge in [-0.05, 0) is 36.4 Å². The van der Waals surface area contributed by atoms with Gasteiger partial charge in [-0.1, -0.05) is 44.2 Å². The second kappa shape index (κ2) is 4.39. The molecule has 4 rings (SSSR count). The van der Waals surface area contributed by atoms with Crippen LogP contribution in [0.1, 0.15) is 30.7 Å². The molecule has 2 radical (unpaired) electrons. The summed E-state index contributed by atoms with van der Waals surface area (Å²) in [6.07, 6.45) is 0.376. The minimum absolute atomic E-state index is 0.176. The van der Waals surface area contributed by atoms with Gasteiger partial charge in [0.15, 0.2) is 0 Å². The highest BCUT2D eigenvalue weighted by molar-refractivity contribution is 6.01. The summed E-state index contributed by atoms with van der Waals surface area (Å²) in [4.78, 5) is 4.71. The fraction of sp³-hybridized carbons (Fsp3) is 0.200. The summed E-state index contributed by atoms with van der Waals surface area (Å²) >= 11 is 0. The molecule has 1 nitrogen and oxygen atoms in total. The number of aromatic nitrogens is 1. The largest absolute Gasteiger partial charge is 0.252 e. The summed E-state index contributed by atoms with van der Waals surface area (Å²) in [5, 5.41) is 2.23. The summed E-state index contributed by atoms with van der Waals surface area (Å²) in [5.74, 6) is -0.176. The summed E-state index contributed by atoms with van der Waals surface area (Å²) in [7, 11) is 0. The normalized spacial score (nSPS) is 14.9. The molecule has 0 bridgehead atoms. The summed E-state index contributed by atoms with van der Waals surface area (Å²) < 4.78 is 14.6. The molecule has 0 fully saturated rings. The van der Waals surface area contributed by atoms with Crippen LogP contribution in [0.25, 0.3) is 22.0 Å². The van der Waals surface area contributed by atoms with Gasteiger partial charge in [-0.2, -0.15) is 0 Å². The van der Waals surface area contributed by atoms with Gasteiger partial charge in [-0.15, -0.1) is 0 Å². The minimum Gasteiger partial charge on any atom is -0.252 e. The first-order valence-corrected chi connectivity index (χ1v) is 7.46. The maximum Gasteiger partial charge on any atom is 0.127 e. The van der Waals surface area contributed by atoms with Crippen LogP contribution in [0, 0.1) is 12.7 Å². The van der Waals surface area contributed by atoms with Crippen LogP contribution in [0.5, 0.6) is 0 Å². The zero-order valence-electron chi connectivity index (χ0n) is 12.7. The predicted molar refractivity (Wildman–Crippen MR) is 87.3 cm³/mol. The fourth-order valence-corrected chi connectivity index (χ4v) is 3.68. The first-order valence-electron chi connectivity index (χ1n) is 7.46. The molecule has 0 aliphatic heterocycles. The maximum absolute atomic E-state index is 14.6. The van der Waals surface area contributed by atoms with Crippen molar-refractivity contribution in [3.63, 3.8) is 0 Å². The Kier molecular flexibility index (Phi) is 2.68. The Balaban J connectivity index is 2.25. The van der Waals surface area contributed by atoms with Crippen LogP contribution >= 0.6 is 0 Å². The highest BCUT2D eigenvalue weighted by atomic mass is 19.1. The Morgan fingerprint density at radius 3 is 2.68 bits per heavy atom. The number of hydrogen-bond acceptors (Lipinski definition) is 1. The van der Waals surface area contributed by atoms with Crippen LogP contribution in [0.2, 0.25) is 0 Å². The average molecular weight is 289 g/mol. The quantitative estimate of drug-likeness (QED) is 0.618. The SMILES string of the molecule is [CH]Cc1cc2cccc3c2c(n1)-c1cccc(F)c1C3(C)C. The van der Waals surface area contributed by atoms with Crippen molar-refractivity contribution in [1.29, 1.82) is 0 Å². The van der Waals surface area contributed by atoms with E-state index in [1.165, 1.54) is 6.07 Å². The Bertz CT molecular complexity index is 909. The zero-order chi connectivity index (χ0) is 15.5. The average Bonchev–Trinajstić information content (AvgIpc) is 2.51. The molecule has 0 spiro atoms. The number of fused-ring (bicyclic) bond motifs is 2. The monoisotopic (exact) mass is 289 g/mol. The molecular formula is C20H16FN. The second-order valence-corrected chi connectivity index (χ2v) is 6.36. The van der Waals surface area contributed by atoms with Crippen molar-refractivity contribution in [3.8, 4) is 11.3 Å². The number of hydrogen-bond donors (Lipinski definition) is 0. The highest BCUT2D eigenvalue weighted by Crippen LogP contribution is 2.48. The minimum atomic E-state index is -0.390. The standard InChI is InChI=1S/C20H16FN/c1-4-13-11-12-7-5-9-15-17(12)19(22-13)14-8-6-10-16(21)18(14)20(15,2)3/h1,5-11H,4H2,2-3H3.